The highest BCUT2D eigenvalue weighted by Gasteiger charge is 2.44. The summed E-state index contributed by atoms with van der Waals surface area (Å²) in [6.45, 7) is 0. The molecule has 5 atom stereocenters. The number of aryl methyl sites for hydroxylation is 1. The van der Waals surface area contributed by atoms with E-state index in [9.17, 15) is 15.3 Å². The van der Waals surface area contributed by atoms with E-state index in [1.54, 1.807) is 0 Å². The van der Waals surface area contributed by atoms with Crippen molar-refractivity contribution in [3.05, 3.63) is 64.2 Å². The zero-order valence-corrected chi connectivity index (χ0v) is 19.3. The molecule has 0 amide bonds. The molecule has 1 saturated heterocycles. The average Bonchev–Trinajstić information content (AvgIpc) is 3.65. The topological polar surface area (TPSA) is 79.2 Å². The van der Waals surface area contributed by atoms with Gasteiger partial charge in [-0.2, -0.15) is 0 Å². The third-order valence-electron chi connectivity index (χ3n) is 6.93. The first-order chi connectivity index (χ1) is 15.5. The van der Waals surface area contributed by atoms with Crippen LogP contribution < -0.4 is 0 Å². The molecule has 5 nitrogen and oxygen atoms in total. The normalized spacial score (nSPS) is 30.6. The summed E-state index contributed by atoms with van der Waals surface area (Å²) in [7, 11) is 1.42. The van der Waals surface area contributed by atoms with E-state index >= 15 is 0 Å². The number of hydrogen-bond acceptors (Lipinski definition) is 6. The van der Waals surface area contributed by atoms with Crippen LogP contribution in [0, 0.1) is 0 Å². The Hall–Kier alpha value is -1.41. The number of methoxy groups -OCH3 is 1. The van der Waals surface area contributed by atoms with Crippen LogP contribution in [0.25, 0.3) is 0 Å². The predicted molar refractivity (Wildman–Crippen MR) is 124 cm³/mol. The number of ether oxygens (including phenoxy) is 2. The molecule has 32 heavy (non-hydrogen) atoms. The molecule has 0 spiro atoms. The molecule has 3 aliphatic rings. The van der Waals surface area contributed by atoms with E-state index in [1.165, 1.54) is 65.7 Å². The number of thioether (sulfide) groups is 1. The minimum Gasteiger partial charge on any atom is -0.387 e. The molecule has 1 aliphatic carbocycles. The summed E-state index contributed by atoms with van der Waals surface area (Å²) >= 11 is 1.97. The Labute approximate surface area is 193 Å². The van der Waals surface area contributed by atoms with Gasteiger partial charge >= 0.3 is 0 Å². The van der Waals surface area contributed by atoms with E-state index in [2.05, 4.69) is 30.3 Å². The number of rotatable bonds is 5. The molecule has 172 valence electrons. The van der Waals surface area contributed by atoms with Gasteiger partial charge in [0.1, 0.15) is 24.4 Å². The van der Waals surface area contributed by atoms with Crippen LogP contribution >= 0.6 is 11.8 Å². The highest BCUT2D eigenvalue weighted by Crippen LogP contribution is 2.44. The lowest BCUT2D eigenvalue weighted by Crippen LogP contribution is -2.54. The lowest BCUT2D eigenvalue weighted by atomic mass is 9.89. The lowest BCUT2D eigenvalue weighted by Gasteiger charge is -2.40. The summed E-state index contributed by atoms with van der Waals surface area (Å²) in [5.41, 5.74) is 6.18. The molecule has 1 saturated carbocycles. The summed E-state index contributed by atoms with van der Waals surface area (Å²) in [4.78, 5) is 1.42. The zero-order valence-electron chi connectivity index (χ0n) is 18.4. The van der Waals surface area contributed by atoms with Gasteiger partial charge in [-0.15, -0.1) is 11.8 Å². The average molecular weight is 457 g/mol. The lowest BCUT2D eigenvalue weighted by molar-refractivity contribution is -0.292. The minimum absolute atomic E-state index is 0.603. The van der Waals surface area contributed by atoms with E-state index in [0.29, 0.717) is 5.92 Å². The zero-order chi connectivity index (χ0) is 22.2. The van der Waals surface area contributed by atoms with Crippen LogP contribution in [0.15, 0.2) is 41.3 Å². The van der Waals surface area contributed by atoms with Crippen LogP contribution in [0.3, 0.4) is 0 Å². The molecule has 0 bridgehead atoms. The van der Waals surface area contributed by atoms with Gasteiger partial charge in [-0.1, -0.05) is 30.3 Å². The van der Waals surface area contributed by atoms with Crippen molar-refractivity contribution in [2.75, 3.05) is 12.9 Å². The Morgan fingerprint density at radius 1 is 1.00 bits per heavy atom. The first-order valence-electron chi connectivity index (χ1n) is 11.6. The Morgan fingerprint density at radius 3 is 2.62 bits per heavy atom. The third-order valence-corrected chi connectivity index (χ3v) is 8.13. The number of benzene rings is 2. The van der Waals surface area contributed by atoms with E-state index in [-0.39, 0.29) is 0 Å². The molecule has 2 aliphatic heterocycles. The van der Waals surface area contributed by atoms with Crippen LogP contribution in [0.1, 0.15) is 65.5 Å². The molecular formula is C26H32O5S. The van der Waals surface area contributed by atoms with Gasteiger partial charge in [-0.05, 0) is 84.1 Å². The van der Waals surface area contributed by atoms with Crippen LogP contribution in [-0.2, 0) is 22.3 Å². The fourth-order valence-corrected chi connectivity index (χ4v) is 6.04. The molecule has 2 aromatic carbocycles. The van der Waals surface area contributed by atoms with Crippen molar-refractivity contribution in [3.8, 4) is 0 Å². The summed E-state index contributed by atoms with van der Waals surface area (Å²) in [6.07, 6.45) is 1.36. The van der Waals surface area contributed by atoms with E-state index in [0.717, 1.165) is 18.4 Å². The maximum atomic E-state index is 10.6. The van der Waals surface area contributed by atoms with Gasteiger partial charge in [-0.3, -0.25) is 0 Å². The Bertz CT molecular complexity index is 957. The van der Waals surface area contributed by atoms with Crippen molar-refractivity contribution < 1.29 is 24.8 Å². The highest BCUT2D eigenvalue weighted by molar-refractivity contribution is 7.99. The fraction of sp³-hybridized carbons (Fsp3) is 0.538. The number of hydrogen-bond donors (Lipinski definition) is 3. The summed E-state index contributed by atoms with van der Waals surface area (Å²) in [5, 5.41) is 31.0. The number of aliphatic hydroxyl groups is 3. The van der Waals surface area contributed by atoms with Crippen molar-refractivity contribution in [1.29, 1.82) is 0 Å². The standard InChI is InChI=1S/C26H32O5S/c1-30-26-24(29)22(27)23(28)25(31-26)18-8-9-20(16-6-7-16)19(14-18)13-15-5-10-21-17(12-15)4-2-3-11-32-21/h5,8-10,12,14,16,22-29H,2-4,6-7,11,13H2,1H3/t22-,23-,24+,25+,26+/m1/s1. The van der Waals surface area contributed by atoms with Crippen LogP contribution in [0.4, 0.5) is 0 Å². The van der Waals surface area contributed by atoms with Crippen LogP contribution in [0.2, 0.25) is 0 Å². The van der Waals surface area contributed by atoms with Crippen molar-refractivity contribution in [1.82, 2.24) is 0 Å². The molecule has 5 rings (SSSR count). The van der Waals surface area contributed by atoms with E-state index in [1.807, 2.05) is 17.8 Å². The summed E-state index contributed by atoms with van der Waals surface area (Å²) in [5.74, 6) is 1.80. The van der Waals surface area contributed by atoms with Gasteiger partial charge < -0.3 is 24.8 Å². The van der Waals surface area contributed by atoms with Gasteiger partial charge in [0, 0.05) is 12.0 Å². The predicted octanol–water partition coefficient (Wildman–Crippen LogP) is 3.71. The van der Waals surface area contributed by atoms with Gasteiger partial charge in [-0.25, -0.2) is 0 Å². The fourth-order valence-electron chi connectivity index (χ4n) is 4.97. The molecule has 0 radical (unpaired) electrons. The third kappa shape index (κ3) is 4.49. The number of aliphatic hydroxyl groups excluding tert-OH is 3. The van der Waals surface area contributed by atoms with E-state index < -0.39 is 30.7 Å². The van der Waals surface area contributed by atoms with Gasteiger partial charge in [0.05, 0.1) is 0 Å². The molecule has 3 N–H and O–H groups in total. The molecule has 2 heterocycles. The first-order valence-corrected chi connectivity index (χ1v) is 12.6. The van der Waals surface area contributed by atoms with Crippen molar-refractivity contribution in [3.63, 3.8) is 0 Å². The minimum atomic E-state index is -1.33. The van der Waals surface area contributed by atoms with Crippen LogP contribution in [-0.4, -0.2) is 52.8 Å². The molecular weight excluding hydrogens is 424 g/mol. The highest BCUT2D eigenvalue weighted by atomic mass is 32.2. The Balaban J connectivity index is 1.45. The summed E-state index contributed by atoms with van der Waals surface area (Å²) in [6, 6.07) is 13.1. The molecule has 0 unspecified atom stereocenters. The van der Waals surface area contributed by atoms with Gasteiger partial charge in [0.2, 0.25) is 0 Å². The maximum Gasteiger partial charge on any atom is 0.186 e. The second-order valence-electron chi connectivity index (χ2n) is 9.29. The first kappa shape index (κ1) is 22.4. The molecule has 2 aromatic rings. The Morgan fingerprint density at radius 2 is 1.84 bits per heavy atom. The second-order valence-corrected chi connectivity index (χ2v) is 10.4. The Kier molecular flexibility index (Phi) is 6.61. The van der Waals surface area contributed by atoms with Crippen LogP contribution in [0.5, 0.6) is 0 Å². The quantitative estimate of drug-likeness (QED) is 0.637. The summed E-state index contributed by atoms with van der Waals surface area (Å²) < 4.78 is 11.0. The van der Waals surface area contributed by atoms with E-state index in [4.69, 9.17) is 9.47 Å². The molecule has 0 aromatic heterocycles. The molecule has 2 fully saturated rings. The second kappa shape index (κ2) is 9.45. The smallest absolute Gasteiger partial charge is 0.186 e. The van der Waals surface area contributed by atoms with Crippen molar-refractivity contribution in [2.24, 2.45) is 0 Å². The van der Waals surface area contributed by atoms with Crippen molar-refractivity contribution >= 4 is 11.8 Å². The number of fused-ring (bicyclic) bond motifs is 1. The van der Waals surface area contributed by atoms with Crippen molar-refractivity contribution in [2.45, 2.75) is 80.0 Å². The maximum absolute atomic E-state index is 10.6. The molecule has 6 heteroatoms. The largest absolute Gasteiger partial charge is 0.387 e. The monoisotopic (exact) mass is 456 g/mol. The van der Waals surface area contributed by atoms with Gasteiger partial charge in [0.15, 0.2) is 6.29 Å². The van der Waals surface area contributed by atoms with Gasteiger partial charge in [0.25, 0.3) is 0 Å². The SMILES string of the molecule is CO[C@H]1O[C@@H](c2ccc(C3CC3)c(Cc3ccc4c(c3)CCCCS4)c2)[C@H](O)[C@@H](O)[C@@H]1O.